The number of ether oxygens (including phenoxy) is 1. The first-order valence-electron chi connectivity index (χ1n) is 6.75. The molecule has 0 aliphatic heterocycles. The number of carbonyl (C=O) groups excluding carboxylic acids is 2. The number of ketones is 1. The van der Waals surface area contributed by atoms with Crippen LogP contribution in [0.3, 0.4) is 0 Å². The quantitative estimate of drug-likeness (QED) is 0.549. The van der Waals surface area contributed by atoms with Gasteiger partial charge in [0.05, 0.1) is 0 Å². The fourth-order valence-corrected chi connectivity index (χ4v) is 4.08. The molecular formula is C15H14FNO5S2. The summed E-state index contributed by atoms with van der Waals surface area (Å²) in [5, 5.41) is 1.61. The summed E-state index contributed by atoms with van der Waals surface area (Å²) in [6.45, 7) is -1.12. The zero-order valence-electron chi connectivity index (χ0n) is 12.6. The number of thiophene rings is 1. The number of carbonyl (C=O) groups is 2. The van der Waals surface area contributed by atoms with Crippen LogP contribution >= 0.6 is 11.3 Å². The van der Waals surface area contributed by atoms with E-state index >= 15 is 0 Å². The zero-order valence-corrected chi connectivity index (χ0v) is 14.3. The molecule has 24 heavy (non-hydrogen) atoms. The highest BCUT2D eigenvalue weighted by molar-refractivity contribution is 7.91. The largest absolute Gasteiger partial charge is 0.456 e. The predicted octanol–water partition coefficient (Wildman–Crippen LogP) is 1.93. The standard InChI is InChI=1S/C15H14FNO5S2/c1-17(24(20,21)15-6-3-7-23-15)9-14(19)22-10-13(18)11-4-2-5-12(16)8-11/h2-8H,9-10H2,1H3. The number of benzene rings is 1. The lowest BCUT2D eigenvalue weighted by Crippen LogP contribution is -2.33. The van der Waals surface area contributed by atoms with Gasteiger partial charge in [0, 0.05) is 12.6 Å². The van der Waals surface area contributed by atoms with Crippen molar-refractivity contribution < 1.29 is 27.1 Å². The molecule has 0 saturated carbocycles. The van der Waals surface area contributed by atoms with Crippen molar-refractivity contribution in [3.05, 3.63) is 53.2 Å². The molecule has 1 heterocycles. The molecule has 1 aromatic carbocycles. The second kappa shape index (κ2) is 7.65. The number of Topliss-reactive ketones (excluding diaryl/α,β-unsaturated/α-hetero) is 1. The van der Waals surface area contributed by atoms with Crippen LogP contribution in [0, 0.1) is 5.82 Å². The summed E-state index contributed by atoms with van der Waals surface area (Å²) >= 11 is 1.03. The van der Waals surface area contributed by atoms with Gasteiger partial charge in [-0.25, -0.2) is 12.8 Å². The average Bonchev–Trinajstić information content (AvgIpc) is 3.07. The Balaban J connectivity index is 1.90. The molecule has 2 rings (SSSR count). The van der Waals surface area contributed by atoms with Gasteiger partial charge in [-0.2, -0.15) is 4.31 Å². The minimum absolute atomic E-state index is 0.0716. The Bertz CT molecular complexity index is 833. The van der Waals surface area contributed by atoms with Crippen LogP contribution in [0.25, 0.3) is 0 Å². The lowest BCUT2D eigenvalue weighted by Gasteiger charge is -2.15. The number of hydrogen-bond donors (Lipinski definition) is 0. The summed E-state index contributed by atoms with van der Waals surface area (Å²) in [7, 11) is -2.53. The third kappa shape index (κ3) is 4.47. The summed E-state index contributed by atoms with van der Waals surface area (Å²) < 4.78 is 43.0. The molecule has 0 saturated heterocycles. The number of nitrogens with zero attached hydrogens (tertiary/aromatic N) is 1. The maximum atomic E-state index is 13.0. The predicted molar refractivity (Wildman–Crippen MR) is 85.8 cm³/mol. The van der Waals surface area contributed by atoms with Crippen LogP contribution in [0.2, 0.25) is 0 Å². The SMILES string of the molecule is CN(CC(=O)OCC(=O)c1cccc(F)c1)S(=O)(=O)c1cccs1. The van der Waals surface area contributed by atoms with Crippen LogP contribution in [0.15, 0.2) is 46.0 Å². The van der Waals surface area contributed by atoms with E-state index in [1.165, 1.54) is 31.3 Å². The van der Waals surface area contributed by atoms with Gasteiger partial charge in [-0.05, 0) is 23.6 Å². The van der Waals surface area contributed by atoms with Gasteiger partial charge in [-0.1, -0.05) is 18.2 Å². The maximum Gasteiger partial charge on any atom is 0.321 e. The van der Waals surface area contributed by atoms with Crippen LogP contribution in [0.5, 0.6) is 0 Å². The molecule has 0 bridgehead atoms. The van der Waals surface area contributed by atoms with Gasteiger partial charge in [0.1, 0.15) is 16.6 Å². The fourth-order valence-electron chi connectivity index (χ4n) is 1.77. The highest BCUT2D eigenvalue weighted by Crippen LogP contribution is 2.19. The normalized spacial score (nSPS) is 11.5. The Morgan fingerprint density at radius 1 is 1.25 bits per heavy atom. The summed E-state index contributed by atoms with van der Waals surface area (Å²) in [5.41, 5.74) is 0.0716. The van der Waals surface area contributed by atoms with E-state index < -0.39 is 40.7 Å². The Hall–Kier alpha value is -2.10. The Kier molecular flexibility index (Phi) is 5.81. The molecule has 0 aliphatic carbocycles. The first-order chi connectivity index (χ1) is 11.3. The van der Waals surface area contributed by atoms with Crippen molar-refractivity contribution in [3.63, 3.8) is 0 Å². The van der Waals surface area contributed by atoms with E-state index in [-0.39, 0.29) is 9.77 Å². The number of esters is 1. The van der Waals surface area contributed by atoms with Crippen molar-refractivity contribution in [2.24, 2.45) is 0 Å². The van der Waals surface area contributed by atoms with E-state index in [0.717, 1.165) is 21.7 Å². The molecule has 0 radical (unpaired) electrons. The molecule has 9 heteroatoms. The van der Waals surface area contributed by atoms with Crippen molar-refractivity contribution in [1.82, 2.24) is 4.31 Å². The second-order valence-electron chi connectivity index (χ2n) is 4.79. The molecule has 0 unspecified atom stereocenters. The lowest BCUT2D eigenvalue weighted by atomic mass is 10.1. The first kappa shape index (κ1) is 18.2. The van der Waals surface area contributed by atoms with Gasteiger partial charge >= 0.3 is 5.97 Å². The highest BCUT2D eigenvalue weighted by Gasteiger charge is 2.24. The first-order valence-corrected chi connectivity index (χ1v) is 9.07. The van der Waals surface area contributed by atoms with E-state index in [1.54, 1.807) is 11.4 Å². The third-order valence-corrected chi connectivity index (χ3v) is 6.20. The van der Waals surface area contributed by atoms with Gasteiger partial charge in [0.15, 0.2) is 12.4 Å². The minimum atomic E-state index is -3.77. The highest BCUT2D eigenvalue weighted by atomic mass is 32.2. The summed E-state index contributed by atoms with van der Waals surface area (Å²) in [6.07, 6.45) is 0. The van der Waals surface area contributed by atoms with Crippen molar-refractivity contribution in [1.29, 1.82) is 0 Å². The van der Waals surface area contributed by atoms with Gasteiger partial charge in [0.2, 0.25) is 0 Å². The zero-order chi connectivity index (χ0) is 17.7. The summed E-state index contributed by atoms with van der Waals surface area (Å²) in [5.74, 6) is -2.03. The Labute approximate surface area is 142 Å². The molecule has 1 aromatic heterocycles. The molecule has 6 nitrogen and oxygen atoms in total. The number of sulfonamides is 1. The number of rotatable bonds is 7. The van der Waals surface area contributed by atoms with Gasteiger partial charge in [-0.3, -0.25) is 9.59 Å². The Morgan fingerprint density at radius 2 is 2.00 bits per heavy atom. The van der Waals surface area contributed by atoms with Crippen LogP contribution in [0.4, 0.5) is 4.39 Å². The molecule has 2 aromatic rings. The monoisotopic (exact) mass is 371 g/mol. The van der Waals surface area contributed by atoms with E-state index in [0.29, 0.717) is 0 Å². The smallest absolute Gasteiger partial charge is 0.321 e. The van der Waals surface area contributed by atoms with Gasteiger partial charge < -0.3 is 4.74 Å². The second-order valence-corrected chi connectivity index (χ2v) is 8.01. The van der Waals surface area contributed by atoms with Crippen molar-refractivity contribution >= 4 is 33.1 Å². The van der Waals surface area contributed by atoms with E-state index in [1.807, 2.05) is 0 Å². The van der Waals surface area contributed by atoms with E-state index in [2.05, 4.69) is 0 Å². The van der Waals surface area contributed by atoms with Gasteiger partial charge in [0.25, 0.3) is 10.0 Å². The summed E-state index contributed by atoms with van der Waals surface area (Å²) in [6, 6.07) is 7.99. The Morgan fingerprint density at radius 3 is 2.62 bits per heavy atom. The molecule has 0 atom stereocenters. The van der Waals surface area contributed by atoms with Crippen LogP contribution in [0.1, 0.15) is 10.4 Å². The topological polar surface area (TPSA) is 80.8 Å². The van der Waals surface area contributed by atoms with Crippen molar-refractivity contribution in [2.45, 2.75) is 4.21 Å². The van der Waals surface area contributed by atoms with E-state index in [9.17, 15) is 22.4 Å². The molecular weight excluding hydrogens is 357 g/mol. The molecule has 0 aliphatic rings. The van der Waals surface area contributed by atoms with Crippen molar-refractivity contribution in [2.75, 3.05) is 20.2 Å². The van der Waals surface area contributed by atoms with Crippen LogP contribution in [-0.2, 0) is 19.6 Å². The van der Waals surface area contributed by atoms with Crippen LogP contribution < -0.4 is 0 Å². The third-order valence-electron chi connectivity index (χ3n) is 3.02. The number of hydrogen-bond acceptors (Lipinski definition) is 6. The number of halogens is 1. The average molecular weight is 371 g/mol. The van der Waals surface area contributed by atoms with Crippen LogP contribution in [-0.4, -0.2) is 44.7 Å². The lowest BCUT2D eigenvalue weighted by molar-refractivity contribution is -0.142. The van der Waals surface area contributed by atoms with Crippen molar-refractivity contribution in [3.8, 4) is 0 Å². The fraction of sp³-hybridized carbons (Fsp3) is 0.200. The minimum Gasteiger partial charge on any atom is -0.456 e. The molecule has 128 valence electrons. The van der Waals surface area contributed by atoms with E-state index in [4.69, 9.17) is 4.74 Å². The molecule has 0 N–H and O–H groups in total. The molecule has 0 fully saturated rings. The maximum absolute atomic E-state index is 13.0. The molecule has 0 spiro atoms. The summed E-state index contributed by atoms with van der Waals surface area (Å²) in [4.78, 5) is 23.5. The number of likely N-dealkylation sites (N-methyl/N-ethyl adjacent to an activating group) is 1. The van der Waals surface area contributed by atoms with Gasteiger partial charge in [-0.15, -0.1) is 11.3 Å². The molecule has 0 amide bonds.